The highest BCUT2D eigenvalue weighted by molar-refractivity contribution is 6.30. The molecule has 0 amide bonds. The second-order valence-electron chi connectivity index (χ2n) is 4.66. The van der Waals surface area contributed by atoms with Gasteiger partial charge in [0.15, 0.2) is 0 Å². The van der Waals surface area contributed by atoms with Crippen molar-refractivity contribution in [2.75, 3.05) is 34.3 Å². The average molecular weight is 243 g/mol. The van der Waals surface area contributed by atoms with E-state index in [1.165, 1.54) is 0 Å². The molecular formula is C12H17ClNO2+. The second-order valence-corrected chi connectivity index (χ2v) is 5.09. The third kappa shape index (κ3) is 4.64. The van der Waals surface area contributed by atoms with Crippen LogP contribution in [0.25, 0.3) is 0 Å². The Morgan fingerprint density at radius 3 is 2.31 bits per heavy atom. The van der Waals surface area contributed by atoms with Crippen molar-refractivity contribution in [3.05, 3.63) is 34.9 Å². The Bertz CT molecular complexity index is 354. The molecule has 0 atom stereocenters. The SMILES string of the molecule is C[N+](C)(C)CCOC(=O)c1ccc(Cl)cc1. The van der Waals surface area contributed by atoms with Crippen molar-refractivity contribution in [1.29, 1.82) is 0 Å². The van der Waals surface area contributed by atoms with E-state index in [4.69, 9.17) is 16.3 Å². The molecule has 1 rings (SSSR count). The van der Waals surface area contributed by atoms with Gasteiger partial charge in [0.25, 0.3) is 0 Å². The summed E-state index contributed by atoms with van der Waals surface area (Å²) in [6, 6.07) is 6.68. The molecule has 0 fully saturated rings. The highest BCUT2D eigenvalue weighted by Gasteiger charge is 2.10. The quantitative estimate of drug-likeness (QED) is 0.598. The zero-order valence-corrected chi connectivity index (χ0v) is 10.6. The lowest BCUT2D eigenvalue weighted by Gasteiger charge is -2.23. The van der Waals surface area contributed by atoms with Gasteiger partial charge in [-0.05, 0) is 24.3 Å². The summed E-state index contributed by atoms with van der Waals surface area (Å²) in [6.45, 7) is 1.21. The second kappa shape index (κ2) is 5.32. The monoisotopic (exact) mass is 242 g/mol. The Balaban J connectivity index is 2.44. The van der Waals surface area contributed by atoms with Gasteiger partial charge in [0.05, 0.1) is 26.7 Å². The molecule has 3 nitrogen and oxygen atoms in total. The average Bonchev–Trinajstić information content (AvgIpc) is 2.16. The molecule has 0 radical (unpaired) electrons. The molecule has 0 saturated carbocycles. The van der Waals surface area contributed by atoms with Crippen LogP contribution in [0.3, 0.4) is 0 Å². The lowest BCUT2D eigenvalue weighted by molar-refractivity contribution is -0.870. The molecule has 0 spiro atoms. The number of esters is 1. The van der Waals surface area contributed by atoms with Crippen molar-refractivity contribution in [3.8, 4) is 0 Å². The Morgan fingerprint density at radius 1 is 1.25 bits per heavy atom. The zero-order chi connectivity index (χ0) is 12.2. The third-order valence-electron chi connectivity index (χ3n) is 2.08. The van der Waals surface area contributed by atoms with Gasteiger partial charge in [-0.1, -0.05) is 11.6 Å². The first-order valence-corrected chi connectivity index (χ1v) is 5.49. The summed E-state index contributed by atoms with van der Waals surface area (Å²) >= 11 is 5.73. The molecule has 0 aliphatic carbocycles. The van der Waals surface area contributed by atoms with E-state index in [-0.39, 0.29) is 5.97 Å². The molecule has 0 unspecified atom stereocenters. The molecule has 1 aromatic rings. The molecule has 16 heavy (non-hydrogen) atoms. The molecule has 0 aliphatic heterocycles. The Morgan fingerprint density at radius 2 is 1.81 bits per heavy atom. The van der Waals surface area contributed by atoms with E-state index in [1.54, 1.807) is 24.3 Å². The van der Waals surface area contributed by atoms with Gasteiger partial charge in [-0.15, -0.1) is 0 Å². The van der Waals surface area contributed by atoms with E-state index in [1.807, 2.05) is 0 Å². The van der Waals surface area contributed by atoms with Crippen LogP contribution in [0.2, 0.25) is 5.02 Å². The fourth-order valence-electron chi connectivity index (χ4n) is 1.08. The molecule has 0 N–H and O–H groups in total. The zero-order valence-electron chi connectivity index (χ0n) is 9.87. The van der Waals surface area contributed by atoms with Crippen LogP contribution in [-0.2, 0) is 4.74 Å². The number of carbonyl (C=O) groups is 1. The van der Waals surface area contributed by atoms with Gasteiger partial charge < -0.3 is 9.22 Å². The van der Waals surface area contributed by atoms with Gasteiger partial charge in [-0.3, -0.25) is 0 Å². The van der Waals surface area contributed by atoms with Crippen LogP contribution < -0.4 is 0 Å². The van der Waals surface area contributed by atoms with Gasteiger partial charge in [-0.25, -0.2) is 4.79 Å². The van der Waals surface area contributed by atoms with Gasteiger partial charge in [0.2, 0.25) is 0 Å². The van der Waals surface area contributed by atoms with Gasteiger partial charge in [0.1, 0.15) is 13.2 Å². The lowest BCUT2D eigenvalue weighted by atomic mass is 10.2. The smallest absolute Gasteiger partial charge is 0.338 e. The minimum atomic E-state index is -0.301. The maximum absolute atomic E-state index is 11.6. The van der Waals surface area contributed by atoms with Crippen LogP contribution in [0.5, 0.6) is 0 Å². The first-order valence-electron chi connectivity index (χ1n) is 5.12. The predicted molar refractivity (Wildman–Crippen MR) is 64.6 cm³/mol. The minimum Gasteiger partial charge on any atom is -0.456 e. The first-order chi connectivity index (χ1) is 7.38. The highest BCUT2D eigenvalue weighted by atomic mass is 35.5. The van der Waals surface area contributed by atoms with Crippen LogP contribution in [0.15, 0.2) is 24.3 Å². The molecule has 4 heteroatoms. The predicted octanol–water partition coefficient (Wildman–Crippen LogP) is 2.20. The summed E-state index contributed by atoms with van der Waals surface area (Å²) < 4.78 is 5.92. The van der Waals surface area contributed by atoms with E-state index in [0.29, 0.717) is 17.2 Å². The summed E-state index contributed by atoms with van der Waals surface area (Å²) in [7, 11) is 6.16. The molecule has 0 aliphatic rings. The molecule has 0 heterocycles. The minimum absolute atomic E-state index is 0.301. The maximum atomic E-state index is 11.6. The summed E-state index contributed by atoms with van der Waals surface area (Å²) in [5, 5.41) is 0.614. The standard InChI is InChI=1S/C12H17ClNO2/c1-14(2,3)8-9-16-12(15)10-4-6-11(13)7-5-10/h4-7H,8-9H2,1-3H3/q+1. The van der Waals surface area contributed by atoms with Gasteiger partial charge >= 0.3 is 5.97 Å². The largest absolute Gasteiger partial charge is 0.456 e. The Labute approximate surface area is 101 Å². The van der Waals surface area contributed by atoms with Crippen molar-refractivity contribution in [1.82, 2.24) is 0 Å². The number of quaternary nitrogens is 1. The van der Waals surface area contributed by atoms with E-state index in [0.717, 1.165) is 11.0 Å². The summed E-state index contributed by atoms with van der Waals surface area (Å²) in [5.74, 6) is -0.301. The number of carbonyl (C=O) groups excluding carboxylic acids is 1. The molecule has 0 bridgehead atoms. The fourth-order valence-corrected chi connectivity index (χ4v) is 1.21. The molecule has 0 aromatic heterocycles. The van der Waals surface area contributed by atoms with Gasteiger partial charge in [0, 0.05) is 5.02 Å². The molecule has 0 saturated heterocycles. The van der Waals surface area contributed by atoms with Crippen LogP contribution in [0.4, 0.5) is 0 Å². The third-order valence-corrected chi connectivity index (χ3v) is 2.33. The topological polar surface area (TPSA) is 26.3 Å². The number of nitrogens with zero attached hydrogens (tertiary/aromatic N) is 1. The molecule has 88 valence electrons. The van der Waals surface area contributed by atoms with E-state index in [9.17, 15) is 4.79 Å². The number of halogens is 1. The molecule has 1 aromatic carbocycles. The van der Waals surface area contributed by atoms with Crippen LogP contribution in [0.1, 0.15) is 10.4 Å². The maximum Gasteiger partial charge on any atom is 0.338 e. The van der Waals surface area contributed by atoms with Crippen LogP contribution in [-0.4, -0.2) is 44.7 Å². The summed E-state index contributed by atoms with van der Waals surface area (Å²) in [4.78, 5) is 11.6. The molecular weight excluding hydrogens is 226 g/mol. The van der Waals surface area contributed by atoms with E-state index >= 15 is 0 Å². The number of hydrogen-bond acceptors (Lipinski definition) is 2. The normalized spacial score (nSPS) is 11.2. The van der Waals surface area contributed by atoms with Crippen LogP contribution in [0, 0.1) is 0 Å². The first kappa shape index (κ1) is 13.0. The lowest BCUT2D eigenvalue weighted by Crippen LogP contribution is -2.38. The number of likely N-dealkylation sites (N-methyl/N-ethyl adjacent to an activating group) is 1. The number of benzene rings is 1. The van der Waals surface area contributed by atoms with Gasteiger partial charge in [-0.2, -0.15) is 0 Å². The van der Waals surface area contributed by atoms with Crippen molar-refractivity contribution < 1.29 is 14.0 Å². The van der Waals surface area contributed by atoms with E-state index < -0.39 is 0 Å². The van der Waals surface area contributed by atoms with E-state index in [2.05, 4.69) is 21.1 Å². The van der Waals surface area contributed by atoms with Crippen molar-refractivity contribution in [2.24, 2.45) is 0 Å². The number of ether oxygens (including phenoxy) is 1. The van der Waals surface area contributed by atoms with Crippen molar-refractivity contribution in [3.63, 3.8) is 0 Å². The number of hydrogen-bond donors (Lipinski definition) is 0. The number of rotatable bonds is 4. The van der Waals surface area contributed by atoms with Crippen molar-refractivity contribution in [2.45, 2.75) is 0 Å². The van der Waals surface area contributed by atoms with Crippen molar-refractivity contribution >= 4 is 17.6 Å². The summed E-state index contributed by atoms with van der Waals surface area (Å²) in [5.41, 5.74) is 0.533. The highest BCUT2D eigenvalue weighted by Crippen LogP contribution is 2.10. The summed E-state index contributed by atoms with van der Waals surface area (Å²) in [6.07, 6.45) is 0. The Kier molecular flexibility index (Phi) is 4.33. The van der Waals surface area contributed by atoms with Crippen LogP contribution >= 0.6 is 11.6 Å². The fraction of sp³-hybridized carbons (Fsp3) is 0.417. The Hall–Kier alpha value is -1.06.